The number of thiol groups is 1. The topological polar surface area (TPSA) is 3.24 Å². The molecule has 0 amide bonds. The number of benzene rings is 3. The summed E-state index contributed by atoms with van der Waals surface area (Å²) in [4.78, 5) is 3.17. The molecule has 0 N–H and O–H groups in total. The monoisotopic (exact) mass is 277 g/mol. The van der Waals surface area contributed by atoms with E-state index in [1.165, 1.54) is 0 Å². The Morgan fingerprint density at radius 1 is 0.550 bits per heavy atom. The molecule has 0 radical (unpaired) electrons. The molecule has 0 aliphatic rings. The number of nitrogens with zero attached hydrogens (tertiary/aromatic N) is 1. The molecular weight excluding hydrogens is 262 g/mol. The Morgan fingerprint density at radius 3 is 1.50 bits per heavy atom. The molecule has 2 heteroatoms. The van der Waals surface area contributed by atoms with E-state index in [4.69, 9.17) is 0 Å². The minimum Gasteiger partial charge on any atom is -0.309 e. The van der Waals surface area contributed by atoms with Gasteiger partial charge in [0, 0.05) is 16.3 Å². The second-order valence-electron chi connectivity index (χ2n) is 4.50. The van der Waals surface area contributed by atoms with Crippen molar-refractivity contribution in [1.82, 2.24) is 0 Å². The summed E-state index contributed by atoms with van der Waals surface area (Å²) in [6.45, 7) is 0. The molecule has 20 heavy (non-hydrogen) atoms. The quantitative estimate of drug-likeness (QED) is 0.623. The molecule has 0 aliphatic carbocycles. The summed E-state index contributed by atoms with van der Waals surface area (Å²) < 4.78 is 0. The largest absolute Gasteiger partial charge is 0.309 e. The van der Waals surface area contributed by atoms with E-state index in [1.807, 2.05) is 54.6 Å². The first-order chi connectivity index (χ1) is 9.86. The molecule has 0 unspecified atom stereocenters. The van der Waals surface area contributed by atoms with E-state index in [2.05, 4.69) is 47.9 Å². The van der Waals surface area contributed by atoms with Gasteiger partial charge in [0.25, 0.3) is 0 Å². The molecule has 0 saturated carbocycles. The fraction of sp³-hybridized carbons (Fsp3) is 0. The highest BCUT2D eigenvalue weighted by Crippen LogP contribution is 2.37. The molecular formula is C18H15NS. The van der Waals surface area contributed by atoms with Crippen LogP contribution in [0.1, 0.15) is 0 Å². The lowest BCUT2D eigenvalue weighted by Crippen LogP contribution is -2.10. The van der Waals surface area contributed by atoms with Crippen molar-refractivity contribution in [1.29, 1.82) is 0 Å². The molecule has 98 valence electrons. The van der Waals surface area contributed by atoms with E-state index in [0.717, 1.165) is 22.0 Å². The molecule has 1 nitrogen and oxygen atoms in total. The molecule has 0 heterocycles. The molecule has 0 atom stereocenters. The Morgan fingerprint density at radius 2 is 1.00 bits per heavy atom. The first-order valence-electron chi connectivity index (χ1n) is 6.54. The molecule has 3 aromatic carbocycles. The maximum atomic E-state index is 4.60. The van der Waals surface area contributed by atoms with Crippen LogP contribution in [0.5, 0.6) is 0 Å². The Balaban J connectivity index is 2.17. The highest BCUT2D eigenvalue weighted by atomic mass is 32.1. The molecule has 0 saturated heterocycles. The lowest BCUT2D eigenvalue weighted by atomic mass is 10.2. The third-order valence-electron chi connectivity index (χ3n) is 3.15. The van der Waals surface area contributed by atoms with Crippen molar-refractivity contribution in [2.75, 3.05) is 4.90 Å². The molecule has 0 bridgehead atoms. The van der Waals surface area contributed by atoms with Gasteiger partial charge in [0.1, 0.15) is 0 Å². The SMILES string of the molecule is Sc1ccccc1N(c1ccccc1)c1ccccc1. The molecule has 3 rings (SSSR count). The van der Waals surface area contributed by atoms with Crippen molar-refractivity contribution >= 4 is 29.7 Å². The second-order valence-corrected chi connectivity index (χ2v) is 4.98. The fourth-order valence-electron chi connectivity index (χ4n) is 2.23. The predicted octanol–water partition coefficient (Wildman–Crippen LogP) is 5.45. The first kappa shape index (κ1) is 12.8. The highest BCUT2D eigenvalue weighted by molar-refractivity contribution is 7.80. The van der Waals surface area contributed by atoms with Gasteiger partial charge in [0.15, 0.2) is 0 Å². The van der Waals surface area contributed by atoms with Gasteiger partial charge in [-0.05, 0) is 36.4 Å². The zero-order chi connectivity index (χ0) is 13.8. The molecule has 0 fully saturated rings. The van der Waals surface area contributed by atoms with Crippen LogP contribution in [-0.2, 0) is 0 Å². The van der Waals surface area contributed by atoms with Gasteiger partial charge in [-0.15, -0.1) is 12.6 Å². The number of anilines is 3. The summed E-state index contributed by atoms with van der Waals surface area (Å²) in [5.41, 5.74) is 3.33. The van der Waals surface area contributed by atoms with Crippen LogP contribution in [0.4, 0.5) is 17.1 Å². The van der Waals surface area contributed by atoms with E-state index in [9.17, 15) is 0 Å². The van der Waals surface area contributed by atoms with Gasteiger partial charge in [0.05, 0.1) is 5.69 Å². The predicted molar refractivity (Wildman–Crippen MR) is 88.4 cm³/mol. The number of rotatable bonds is 3. The van der Waals surface area contributed by atoms with E-state index in [0.29, 0.717) is 0 Å². The van der Waals surface area contributed by atoms with Crippen LogP contribution >= 0.6 is 12.6 Å². The maximum absolute atomic E-state index is 4.60. The Hall–Kier alpha value is -2.19. The van der Waals surface area contributed by atoms with E-state index in [1.54, 1.807) is 0 Å². The van der Waals surface area contributed by atoms with Gasteiger partial charge >= 0.3 is 0 Å². The number of para-hydroxylation sites is 3. The lowest BCUT2D eigenvalue weighted by molar-refractivity contribution is 1.23. The standard InChI is InChI=1S/C18H15NS/c20-18-14-8-7-13-17(18)19(15-9-3-1-4-10-15)16-11-5-2-6-12-16/h1-14,20H. The summed E-state index contributed by atoms with van der Waals surface area (Å²) in [6.07, 6.45) is 0. The van der Waals surface area contributed by atoms with Gasteiger partial charge in [-0.2, -0.15) is 0 Å². The molecule has 0 aliphatic heterocycles. The van der Waals surface area contributed by atoms with Gasteiger partial charge in [-0.25, -0.2) is 0 Å². The van der Waals surface area contributed by atoms with E-state index < -0.39 is 0 Å². The van der Waals surface area contributed by atoms with Crippen LogP contribution in [0.25, 0.3) is 0 Å². The van der Waals surface area contributed by atoms with Crippen LogP contribution in [0, 0.1) is 0 Å². The van der Waals surface area contributed by atoms with Crippen molar-refractivity contribution in [2.24, 2.45) is 0 Å². The zero-order valence-corrected chi connectivity index (χ0v) is 11.9. The van der Waals surface area contributed by atoms with Gasteiger partial charge in [0.2, 0.25) is 0 Å². The maximum Gasteiger partial charge on any atom is 0.0594 e. The Kier molecular flexibility index (Phi) is 3.75. The average Bonchev–Trinajstić information content (AvgIpc) is 2.52. The highest BCUT2D eigenvalue weighted by Gasteiger charge is 2.13. The van der Waals surface area contributed by atoms with Crippen LogP contribution < -0.4 is 4.90 Å². The normalized spacial score (nSPS) is 10.2. The number of hydrogen-bond donors (Lipinski definition) is 1. The van der Waals surface area contributed by atoms with E-state index >= 15 is 0 Å². The first-order valence-corrected chi connectivity index (χ1v) is 6.99. The summed E-state index contributed by atoms with van der Waals surface area (Å²) in [7, 11) is 0. The second kappa shape index (κ2) is 5.85. The Labute approximate surface area is 124 Å². The van der Waals surface area contributed by atoms with Crippen molar-refractivity contribution < 1.29 is 0 Å². The van der Waals surface area contributed by atoms with Crippen molar-refractivity contribution in [3.8, 4) is 0 Å². The van der Waals surface area contributed by atoms with Gasteiger partial charge < -0.3 is 4.90 Å². The minimum atomic E-state index is 0.959. The lowest BCUT2D eigenvalue weighted by Gasteiger charge is -2.26. The van der Waals surface area contributed by atoms with Gasteiger partial charge in [-0.3, -0.25) is 0 Å². The van der Waals surface area contributed by atoms with Crippen molar-refractivity contribution in [3.63, 3.8) is 0 Å². The average molecular weight is 277 g/mol. The van der Waals surface area contributed by atoms with Crippen LogP contribution in [0.2, 0.25) is 0 Å². The van der Waals surface area contributed by atoms with Gasteiger partial charge in [-0.1, -0.05) is 48.5 Å². The number of hydrogen-bond acceptors (Lipinski definition) is 2. The molecule has 3 aromatic rings. The zero-order valence-electron chi connectivity index (χ0n) is 11.0. The van der Waals surface area contributed by atoms with Crippen molar-refractivity contribution in [3.05, 3.63) is 84.9 Å². The summed E-state index contributed by atoms with van der Waals surface area (Å²) in [5.74, 6) is 0. The fourth-order valence-corrected chi connectivity index (χ4v) is 2.50. The third-order valence-corrected chi connectivity index (χ3v) is 3.53. The smallest absolute Gasteiger partial charge is 0.0594 e. The molecule has 0 aromatic heterocycles. The summed E-state index contributed by atoms with van der Waals surface area (Å²) >= 11 is 4.60. The van der Waals surface area contributed by atoms with Crippen LogP contribution in [0.3, 0.4) is 0 Å². The third kappa shape index (κ3) is 2.56. The van der Waals surface area contributed by atoms with Crippen molar-refractivity contribution in [2.45, 2.75) is 4.90 Å². The summed E-state index contributed by atoms with van der Waals surface area (Å²) in [5, 5.41) is 0. The van der Waals surface area contributed by atoms with E-state index in [-0.39, 0.29) is 0 Å². The summed E-state index contributed by atoms with van der Waals surface area (Å²) in [6, 6.07) is 28.8. The van der Waals surface area contributed by atoms with Crippen LogP contribution in [-0.4, -0.2) is 0 Å². The minimum absolute atomic E-state index is 0.959. The molecule has 0 spiro atoms. The Bertz CT molecular complexity index is 641. The van der Waals surface area contributed by atoms with Crippen LogP contribution in [0.15, 0.2) is 89.8 Å².